The Balaban J connectivity index is 1.94. The van der Waals surface area contributed by atoms with Crippen molar-refractivity contribution in [3.8, 4) is 17.3 Å². The van der Waals surface area contributed by atoms with Gasteiger partial charge in [-0.25, -0.2) is 4.98 Å². The van der Waals surface area contributed by atoms with Crippen molar-refractivity contribution in [3.63, 3.8) is 0 Å². The fourth-order valence-corrected chi connectivity index (χ4v) is 2.57. The molecule has 0 N–H and O–H groups in total. The molecule has 0 saturated heterocycles. The molecule has 4 rings (SSSR count). The highest BCUT2D eigenvalue weighted by atomic mass is 15.0. The Bertz CT molecular complexity index is 989. The number of aromatic nitrogens is 2. The van der Waals surface area contributed by atoms with Crippen LogP contribution in [-0.2, 0) is 0 Å². The van der Waals surface area contributed by atoms with E-state index in [9.17, 15) is 0 Å². The molecule has 0 saturated carbocycles. The van der Waals surface area contributed by atoms with E-state index in [4.69, 9.17) is 10.2 Å². The van der Waals surface area contributed by atoms with Crippen molar-refractivity contribution in [2.24, 2.45) is 0 Å². The van der Waals surface area contributed by atoms with Gasteiger partial charge in [0.25, 0.3) is 0 Å². The summed E-state index contributed by atoms with van der Waals surface area (Å²) in [5, 5.41) is 11.2. The third-order valence-electron chi connectivity index (χ3n) is 3.66. The summed E-state index contributed by atoms with van der Waals surface area (Å²) >= 11 is 0. The lowest BCUT2D eigenvalue weighted by Gasteiger charge is -1.98. The average molecular weight is 269 g/mol. The first-order valence-corrected chi connectivity index (χ1v) is 6.72. The monoisotopic (exact) mass is 269 g/mol. The van der Waals surface area contributed by atoms with E-state index < -0.39 is 0 Å². The predicted molar refractivity (Wildman–Crippen MR) is 82.8 cm³/mol. The highest BCUT2D eigenvalue weighted by Gasteiger charge is 2.07. The number of nitrogens with zero attached hydrogens (tertiary/aromatic N) is 3. The molecule has 2 aromatic heterocycles. The van der Waals surface area contributed by atoms with Crippen molar-refractivity contribution >= 4 is 16.4 Å². The lowest BCUT2D eigenvalue weighted by Crippen LogP contribution is -1.83. The molecule has 0 aliphatic heterocycles. The second kappa shape index (κ2) is 4.46. The molecule has 21 heavy (non-hydrogen) atoms. The minimum atomic E-state index is 0.660. The van der Waals surface area contributed by atoms with Gasteiger partial charge in [-0.15, -0.1) is 0 Å². The molecule has 0 amide bonds. The standard InChI is InChI=1S/C18H11N3/c19-11-13-5-7-15(8-6-13)17-12-21-10-9-14-3-1-2-4-16(14)18(21)20-17/h1-10,12H. The molecule has 4 aromatic rings. The summed E-state index contributed by atoms with van der Waals surface area (Å²) in [5.41, 5.74) is 3.54. The van der Waals surface area contributed by atoms with Crippen LogP contribution in [0.5, 0.6) is 0 Å². The van der Waals surface area contributed by atoms with Gasteiger partial charge in [0.1, 0.15) is 5.65 Å². The fraction of sp³-hybridized carbons (Fsp3) is 0. The maximum atomic E-state index is 8.86. The molecule has 98 valence electrons. The quantitative estimate of drug-likeness (QED) is 0.523. The summed E-state index contributed by atoms with van der Waals surface area (Å²) in [5.74, 6) is 0. The largest absolute Gasteiger partial charge is 0.306 e. The summed E-state index contributed by atoms with van der Waals surface area (Å²) in [6, 6.07) is 20.0. The van der Waals surface area contributed by atoms with Crippen molar-refractivity contribution in [2.75, 3.05) is 0 Å². The molecule has 0 bridgehead atoms. The average Bonchev–Trinajstić information content (AvgIpc) is 2.99. The van der Waals surface area contributed by atoms with Crippen LogP contribution in [0.2, 0.25) is 0 Å². The molecule has 3 heteroatoms. The second-order valence-electron chi connectivity index (χ2n) is 4.95. The van der Waals surface area contributed by atoms with E-state index in [1.54, 1.807) is 0 Å². The van der Waals surface area contributed by atoms with Crippen LogP contribution in [0.4, 0.5) is 0 Å². The lowest BCUT2D eigenvalue weighted by atomic mass is 10.1. The molecule has 0 unspecified atom stereocenters. The first-order valence-electron chi connectivity index (χ1n) is 6.72. The number of pyridine rings is 1. The predicted octanol–water partition coefficient (Wildman–Crippen LogP) is 4.03. The topological polar surface area (TPSA) is 41.1 Å². The number of imidazole rings is 1. The van der Waals surface area contributed by atoms with Crippen LogP contribution in [0, 0.1) is 11.3 Å². The number of fused-ring (bicyclic) bond motifs is 3. The summed E-state index contributed by atoms with van der Waals surface area (Å²) in [6.07, 6.45) is 4.04. The van der Waals surface area contributed by atoms with E-state index in [0.29, 0.717) is 5.56 Å². The Hall–Kier alpha value is -3.12. The molecular formula is C18H11N3. The van der Waals surface area contributed by atoms with E-state index in [2.05, 4.69) is 24.3 Å². The van der Waals surface area contributed by atoms with E-state index in [0.717, 1.165) is 22.3 Å². The summed E-state index contributed by atoms with van der Waals surface area (Å²) in [7, 11) is 0. The first kappa shape index (κ1) is 11.7. The van der Waals surface area contributed by atoms with Gasteiger partial charge in [-0.1, -0.05) is 36.4 Å². The number of benzene rings is 2. The SMILES string of the molecule is N#Cc1ccc(-c2cn3ccc4ccccc4c3n2)cc1. The minimum Gasteiger partial charge on any atom is -0.306 e. The fourth-order valence-electron chi connectivity index (χ4n) is 2.57. The molecule has 3 nitrogen and oxygen atoms in total. The summed E-state index contributed by atoms with van der Waals surface area (Å²) in [4.78, 5) is 4.75. The van der Waals surface area contributed by atoms with Crippen LogP contribution in [0.15, 0.2) is 67.0 Å². The van der Waals surface area contributed by atoms with E-state index in [-0.39, 0.29) is 0 Å². The van der Waals surface area contributed by atoms with E-state index >= 15 is 0 Å². The van der Waals surface area contributed by atoms with Gasteiger partial charge < -0.3 is 4.40 Å². The molecular weight excluding hydrogens is 258 g/mol. The Labute approximate surface area is 121 Å². The summed E-state index contributed by atoms with van der Waals surface area (Å²) < 4.78 is 2.04. The van der Waals surface area contributed by atoms with Crippen molar-refractivity contribution in [1.82, 2.24) is 9.38 Å². The normalized spacial score (nSPS) is 10.8. The second-order valence-corrected chi connectivity index (χ2v) is 4.95. The highest BCUT2D eigenvalue weighted by molar-refractivity contribution is 5.94. The number of rotatable bonds is 1. The van der Waals surface area contributed by atoms with Crippen LogP contribution in [-0.4, -0.2) is 9.38 Å². The molecule has 0 radical (unpaired) electrons. The zero-order valence-corrected chi connectivity index (χ0v) is 11.2. The van der Waals surface area contributed by atoms with Gasteiger partial charge in [0.2, 0.25) is 0 Å². The number of hydrogen-bond donors (Lipinski definition) is 0. The van der Waals surface area contributed by atoms with Crippen molar-refractivity contribution in [1.29, 1.82) is 5.26 Å². The van der Waals surface area contributed by atoms with Gasteiger partial charge >= 0.3 is 0 Å². The third kappa shape index (κ3) is 1.86. The van der Waals surface area contributed by atoms with Gasteiger partial charge in [-0.2, -0.15) is 5.26 Å². The van der Waals surface area contributed by atoms with E-state index in [1.807, 2.05) is 53.2 Å². The highest BCUT2D eigenvalue weighted by Crippen LogP contribution is 2.24. The Kier molecular flexibility index (Phi) is 2.48. The van der Waals surface area contributed by atoms with Gasteiger partial charge in [-0.05, 0) is 23.6 Å². The molecule has 0 spiro atoms. The van der Waals surface area contributed by atoms with Gasteiger partial charge in [0.05, 0.1) is 17.3 Å². The number of nitriles is 1. The molecule has 0 aliphatic rings. The van der Waals surface area contributed by atoms with Gasteiger partial charge in [0, 0.05) is 23.3 Å². The number of hydrogen-bond acceptors (Lipinski definition) is 2. The van der Waals surface area contributed by atoms with Crippen LogP contribution in [0.3, 0.4) is 0 Å². The van der Waals surface area contributed by atoms with Crippen molar-refractivity contribution in [2.45, 2.75) is 0 Å². The van der Waals surface area contributed by atoms with Crippen molar-refractivity contribution in [3.05, 3.63) is 72.6 Å². The van der Waals surface area contributed by atoms with Crippen LogP contribution < -0.4 is 0 Å². The smallest absolute Gasteiger partial charge is 0.145 e. The first-order chi connectivity index (χ1) is 10.3. The summed E-state index contributed by atoms with van der Waals surface area (Å²) in [6.45, 7) is 0. The van der Waals surface area contributed by atoms with Crippen LogP contribution >= 0.6 is 0 Å². The van der Waals surface area contributed by atoms with Crippen LogP contribution in [0.1, 0.15) is 5.56 Å². The zero-order valence-electron chi connectivity index (χ0n) is 11.2. The zero-order chi connectivity index (χ0) is 14.2. The van der Waals surface area contributed by atoms with Gasteiger partial charge in [0.15, 0.2) is 0 Å². The van der Waals surface area contributed by atoms with Crippen molar-refractivity contribution < 1.29 is 0 Å². The molecule has 0 atom stereocenters. The Morgan fingerprint density at radius 1 is 0.952 bits per heavy atom. The molecule has 0 fully saturated rings. The Morgan fingerprint density at radius 3 is 2.57 bits per heavy atom. The maximum Gasteiger partial charge on any atom is 0.145 e. The maximum absolute atomic E-state index is 8.86. The molecule has 2 aromatic carbocycles. The third-order valence-corrected chi connectivity index (χ3v) is 3.66. The van der Waals surface area contributed by atoms with Gasteiger partial charge in [-0.3, -0.25) is 0 Å². The Morgan fingerprint density at radius 2 is 1.76 bits per heavy atom. The molecule has 0 aliphatic carbocycles. The van der Waals surface area contributed by atoms with Crippen LogP contribution in [0.25, 0.3) is 27.7 Å². The lowest BCUT2D eigenvalue weighted by molar-refractivity contribution is 1.20. The van der Waals surface area contributed by atoms with E-state index in [1.165, 1.54) is 5.39 Å². The minimum absolute atomic E-state index is 0.660. The molecule has 2 heterocycles.